The van der Waals surface area contributed by atoms with Gasteiger partial charge in [-0.3, -0.25) is 14.6 Å². The molecule has 37 heavy (non-hydrogen) atoms. The Balaban J connectivity index is 0.00000320. The standard InChI is InChI=1S/C26H29ClN4O4S.CH4/c1-2-13-34-26(33)35-17-31-22-16-21(27)18(14-19(22)15-24(31)32)7-8-29-9-11-30(12-10-29)25-20-5-3-4-6-23(20)36-28-25;/h3-6,14,16H,2,7-13,15,17H2,1H3;1H4. The van der Waals surface area contributed by atoms with Gasteiger partial charge < -0.3 is 14.4 Å². The minimum absolute atomic E-state index is 0. The summed E-state index contributed by atoms with van der Waals surface area (Å²) in [7, 11) is 0. The van der Waals surface area contributed by atoms with E-state index in [-0.39, 0.29) is 33.1 Å². The first-order valence-electron chi connectivity index (χ1n) is 12.3. The van der Waals surface area contributed by atoms with Crippen LogP contribution in [0.5, 0.6) is 0 Å². The molecule has 1 saturated heterocycles. The average molecular weight is 545 g/mol. The van der Waals surface area contributed by atoms with Crippen LogP contribution in [-0.4, -0.2) is 67.4 Å². The summed E-state index contributed by atoms with van der Waals surface area (Å²) in [6, 6.07) is 12.2. The maximum atomic E-state index is 12.5. The predicted molar refractivity (Wildman–Crippen MR) is 149 cm³/mol. The second kappa shape index (κ2) is 12.1. The molecule has 5 rings (SSSR count). The summed E-state index contributed by atoms with van der Waals surface area (Å²) in [6.45, 7) is 6.72. The molecule has 2 aliphatic heterocycles. The van der Waals surface area contributed by atoms with E-state index in [2.05, 4.69) is 34.1 Å². The molecule has 2 aromatic carbocycles. The molecule has 0 N–H and O–H groups in total. The van der Waals surface area contributed by atoms with E-state index in [0.717, 1.165) is 56.1 Å². The molecule has 1 aromatic heterocycles. The molecule has 1 amide bonds. The van der Waals surface area contributed by atoms with Crippen molar-refractivity contribution in [3.63, 3.8) is 0 Å². The number of hydrogen-bond acceptors (Lipinski definition) is 8. The number of amides is 1. The number of halogens is 1. The first kappa shape index (κ1) is 27.2. The number of piperazine rings is 1. The Labute approximate surface area is 226 Å². The third-order valence-corrected chi connectivity index (χ3v) is 7.81. The van der Waals surface area contributed by atoms with Gasteiger partial charge in [-0.15, -0.1) is 0 Å². The monoisotopic (exact) mass is 544 g/mol. The molecule has 3 heterocycles. The Hall–Kier alpha value is -2.88. The van der Waals surface area contributed by atoms with Crippen molar-refractivity contribution < 1.29 is 19.1 Å². The molecule has 0 unspecified atom stereocenters. The van der Waals surface area contributed by atoms with Crippen LogP contribution < -0.4 is 9.80 Å². The third kappa shape index (κ3) is 6.00. The van der Waals surface area contributed by atoms with E-state index in [0.29, 0.717) is 17.1 Å². The van der Waals surface area contributed by atoms with Crippen molar-refractivity contribution in [2.45, 2.75) is 33.6 Å². The van der Waals surface area contributed by atoms with Crippen molar-refractivity contribution in [2.24, 2.45) is 0 Å². The normalized spacial score (nSPS) is 15.6. The van der Waals surface area contributed by atoms with Crippen molar-refractivity contribution in [3.8, 4) is 0 Å². The number of hydrogen-bond donors (Lipinski definition) is 0. The number of fused-ring (bicyclic) bond motifs is 2. The van der Waals surface area contributed by atoms with Gasteiger partial charge in [-0.1, -0.05) is 44.2 Å². The van der Waals surface area contributed by atoms with Crippen molar-refractivity contribution in [3.05, 3.63) is 52.5 Å². The lowest BCUT2D eigenvalue weighted by Gasteiger charge is -2.35. The van der Waals surface area contributed by atoms with Gasteiger partial charge in [-0.25, -0.2) is 4.79 Å². The zero-order chi connectivity index (χ0) is 25.1. The summed E-state index contributed by atoms with van der Waals surface area (Å²) < 4.78 is 15.9. The highest BCUT2D eigenvalue weighted by atomic mass is 35.5. The maximum absolute atomic E-state index is 12.5. The van der Waals surface area contributed by atoms with Gasteiger partial charge in [0.25, 0.3) is 0 Å². The molecule has 0 spiro atoms. The average Bonchev–Trinajstić information content (AvgIpc) is 3.45. The lowest BCUT2D eigenvalue weighted by molar-refractivity contribution is -0.118. The third-order valence-electron chi connectivity index (χ3n) is 6.64. The highest BCUT2D eigenvalue weighted by Crippen LogP contribution is 2.34. The first-order valence-corrected chi connectivity index (χ1v) is 13.4. The quantitative estimate of drug-likeness (QED) is 0.353. The van der Waals surface area contributed by atoms with E-state index in [1.54, 1.807) is 11.5 Å². The lowest BCUT2D eigenvalue weighted by atomic mass is 10.1. The molecule has 2 aliphatic rings. The zero-order valence-electron chi connectivity index (χ0n) is 20.2. The van der Waals surface area contributed by atoms with Crippen LogP contribution in [0.15, 0.2) is 36.4 Å². The summed E-state index contributed by atoms with van der Waals surface area (Å²) in [4.78, 5) is 30.5. The van der Waals surface area contributed by atoms with Crippen LogP contribution in [0.4, 0.5) is 16.3 Å². The van der Waals surface area contributed by atoms with Crippen LogP contribution in [-0.2, 0) is 27.1 Å². The Bertz CT molecular complexity index is 1260. The van der Waals surface area contributed by atoms with Gasteiger partial charge >= 0.3 is 6.16 Å². The van der Waals surface area contributed by atoms with E-state index in [1.165, 1.54) is 15.0 Å². The number of ether oxygens (including phenoxy) is 2. The van der Waals surface area contributed by atoms with Crippen molar-refractivity contribution >= 4 is 56.8 Å². The predicted octanol–water partition coefficient (Wildman–Crippen LogP) is 5.36. The molecular formula is C27H33ClN4O4S. The van der Waals surface area contributed by atoms with E-state index in [1.807, 2.05) is 19.1 Å². The summed E-state index contributed by atoms with van der Waals surface area (Å²) in [5.41, 5.74) is 2.63. The Morgan fingerprint density at radius 2 is 1.92 bits per heavy atom. The number of carbonyl (C=O) groups excluding carboxylic acids is 2. The van der Waals surface area contributed by atoms with Gasteiger partial charge in [-0.05, 0) is 53.7 Å². The van der Waals surface area contributed by atoms with E-state index < -0.39 is 6.16 Å². The van der Waals surface area contributed by atoms with Crippen LogP contribution in [0.1, 0.15) is 31.9 Å². The number of rotatable bonds is 8. The van der Waals surface area contributed by atoms with E-state index in [9.17, 15) is 9.59 Å². The molecule has 10 heteroatoms. The fourth-order valence-electron chi connectivity index (χ4n) is 4.68. The van der Waals surface area contributed by atoms with E-state index in [4.69, 9.17) is 25.4 Å². The summed E-state index contributed by atoms with van der Waals surface area (Å²) in [5.74, 6) is 0.973. The summed E-state index contributed by atoms with van der Waals surface area (Å²) >= 11 is 8.17. The topological polar surface area (TPSA) is 75.2 Å². The van der Waals surface area contributed by atoms with Crippen molar-refractivity contribution in [1.29, 1.82) is 0 Å². The Morgan fingerprint density at radius 1 is 1.14 bits per heavy atom. The van der Waals surface area contributed by atoms with Crippen LogP contribution in [0.2, 0.25) is 5.02 Å². The van der Waals surface area contributed by atoms with Gasteiger partial charge in [0.2, 0.25) is 5.91 Å². The van der Waals surface area contributed by atoms with Crippen LogP contribution in [0.25, 0.3) is 10.1 Å². The number of anilines is 2. The maximum Gasteiger partial charge on any atom is 0.510 e. The number of carbonyl (C=O) groups is 2. The molecule has 8 nitrogen and oxygen atoms in total. The summed E-state index contributed by atoms with van der Waals surface area (Å²) in [5, 5.41) is 1.85. The van der Waals surface area contributed by atoms with Crippen LogP contribution >= 0.6 is 23.1 Å². The molecule has 0 bridgehead atoms. The van der Waals surface area contributed by atoms with Crippen molar-refractivity contribution in [2.75, 3.05) is 55.9 Å². The second-order valence-electron chi connectivity index (χ2n) is 9.02. The molecule has 0 saturated carbocycles. The fourth-order valence-corrected chi connectivity index (χ4v) is 5.73. The molecule has 198 valence electrons. The number of benzene rings is 2. The first-order chi connectivity index (χ1) is 17.5. The van der Waals surface area contributed by atoms with Gasteiger partial charge in [0.05, 0.1) is 23.4 Å². The van der Waals surface area contributed by atoms with Gasteiger partial charge in [0.1, 0.15) is 5.82 Å². The molecule has 1 fully saturated rings. The smallest absolute Gasteiger partial charge is 0.434 e. The van der Waals surface area contributed by atoms with Gasteiger partial charge in [-0.2, -0.15) is 4.37 Å². The lowest BCUT2D eigenvalue weighted by Crippen LogP contribution is -2.47. The van der Waals surface area contributed by atoms with Crippen LogP contribution in [0, 0.1) is 0 Å². The number of nitrogens with zero attached hydrogens (tertiary/aromatic N) is 4. The highest BCUT2D eigenvalue weighted by Gasteiger charge is 2.30. The SMILES string of the molecule is C.CCCOC(=O)OCN1C(=O)Cc2cc(CCN3CCN(c4nsc5ccccc45)CC3)c(Cl)cc21. The number of aromatic nitrogens is 1. The molecule has 0 atom stereocenters. The zero-order valence-corrected chi connectivity index (χ0v) is 21.8. The Morgan fingerprint density at radius 3 is 2.70 bits per heavy atom. The summed E-state index contributed by atoms with van der Waals surface area (Å²) in [6.07, 6.45) is 1.01. The molecule has 3 aromatic rings. The minimum Gasteiger partial charge on any atom is -0.434 e. The minimum atomic E-state index is -0.774. The Kier molecular flexibility index (Phi) is 8.89. The van der Waals surface area contributed by atoms with Crippen LogP contribution in [0.3, 0.4) is 0 Å². The van der Waals surface area contributed by atoms with Gasteiger partial charge in [0.15, 0.2) is 6.73 Å². The fraction of sp³-hybridized carbons (Fsp3) is 0.444. The second-order valence-corrected chi connectivity index (χ2v) is 10.2. The largest absolute Gasteiger partial charge is 0.510 e. The molecular weight excluding hydrogens is 512 g/mol. The van der Waals surface area contributed by atoms with Crippen molar-refractivity contribution in [1.82, 2.24) is 9.27 Å². The molecule has 0 aliphatic carbocycles. The van der Waals surface area contributed by atoms with Gasteiger partial charge in [0, 0.05) is 43.1 Å². The van der Waals surface area contributed by atoms with E-state index >= 15 is 0 Å². The molecule has 0 radical (unpaired) electrons. The highest BCUT2D eigenvalue weighted by molar-refractivity contribution is 7.13.